The van der Waals surface area contributed by atoms with Crippen molar-refractivity contribution in [3.05, 3.63) is 89.2 Å². The highest BCUT2D eigenvalue weighted by Gasteiger charge is 2.15. The van der Waals surface area contributed by atoms with E-state index in [9.17, 15) is 4.79 Å². The Bertz CT molecular complexity index is 874. The zero-order valence-electron chi connectivity index (χ0n) is 16.6. The fraction of sp³-hybridized carbons (Fsp3) is 0.304. The number of carbonyl (C=O) groups is 1. The van der Waals surface area contributed by atoms with Gasteiger partial charge in [0.15, 0.2) is 0 Å². The minimum atomic E-state index is -0.141. The van der Waals surface area contributed by atoms with Crippen molar-refractivity contribution in [1.82, 2.24) is 20.4 Å². The predicted molar refractivity (Wildman–Crippen MR) is 112 cm³/mol. The van der Waals surface area contributed by atoms with Crippen molar-refractivity contribution < 1.29 is 4.79 Å². The Hall–Kier alpha value is -3.08. The number of hydrogen-bond acceptors (Lipinski definition) is 2. The maximum atomic E-state index is 12.5. The number of rotatable bonds is 8. The Morgan fingerprint density at radius 3 is 2.36 bits per heavy atom. The Kier molecular flexibility index (Phi) is 6.84. The topological polar surface area (TPSA) is 59.0 Å². The molecule has 2 N–H and O–H groups in total. The Morgan fingerprint density at radius 1 is 1.04 bits per heavy atom. The van der Waals surface area contributed by atoms with Crippen LogP contribution in [0.1, 0.15) is 35.0 Å². The first-order valence-electron chi connectivity index (χ1n) is 9.76. The zero-order chi connectivity index (χ0) is 19.8. The van der Waals surface area contributed by atoms with Gasteiger partial charge in [-0.3, -0.25) is 4.68 Å². The first kappa shape index (κ1) is 19.7. The molecule has 1 unspecified atom stereocenters. The minimum absolute atomic E-state index is 0.0698. The molecule has 28 heavy (non-hydrogen) atoms. The molecule has 0 radical (unpaired) electrons. The third-order valence-electron chi connectivity index (χ3n) is 4.73. The first-order chi connectivity index (χ1) is 13.6. The molecule has 0 aliphatic rings. The maximum Gasteiger partial charge on any atom is 0.315 e. The van der Waals surface area contributed by atoms with Gasteiger partial charge in [0.25, 0.3) is 0 Å². The van der Waals surface area contributed by atoms with E-state index in [-0.39, 0.29) is 12.1 Å². The summed E-state index contributed by atoms with van der Waals surface area (Å²) in [5, 5.41) is 10.5. The van der Waals surface area contributed by atoms with Gasteiger partial charge in [0, 0.05) is 18.8 Å². The summed E-state index contributed by atoms with van der Waals surface area (Å²) in [6.45, 7) is 5.45. The molecule has 5 heteroatoms. The quantitative estimate of drug-likeness (QED) is 0.580. The average Bonchev–Trinajstić information content (AvgIpc) is 3.03. The summed E-state index contributed by atoms with van der Waals surface area (Å²) in [5.74, 6) is 0. The number of aromatic nitrogens is 2. The molecule has 0 bridgehead atoms. The van der Waals surface area contributed by atoms with Crippen LogP contribution in [0.25, 0.3) is 0 Å². The van der Waals surface area contributed by atoms with Gasteiger partial charge in [-0.2, -0.15) is 5.10 Å². The SMILES string of the molecule is Cc1cc(C)n(CCCNC(=O)NC(Cc2ccccc2)c2ccccc2)n1. The van der Waals surface area contributed by atoms with Crippen molar-refractivity contribution >= 4 is 6.03 Å². The lowest BCUT2D eigenvalue weighted by molar-refractivity contribution is 0.236. The molecule has 1 heterocycles. The minimum Gasteiger partial charge on any atom is -0.338 e. The van der Waals surface area contributed by atoms with Gasteiger partial charge in [-0.05, 0) is 43.9 Å². The fourth-order valence-electron chi connectivity index (χ4n) is 3.33. The first-order valence-corrected chi connectivity index (χ1v) is 9.76. The summed E-state index contributed by atoms with van der Waals surface area (Å²) in [5.41, 5.74) is 4.47. The van der Waals surface area contributed by atoms with Gasteiger partial charge in [-0.25, -0.2) is 4.79 Å². The van der Waals surface area contributed by atoms with E-state index in [2.05, 4.69) is 46.1 Å². The average molecular weight is 377 g/mol. The number of aryl methyl sites for hydroxylation is 3. The molecule has 146 valence electrons. The van der Waals surface area contributed by atoms with Gasteiger partial charge in [0.05, 0.1) is 11.7 Å². The monoisotopic (exact) mass is 376 g/mol. The number of nitrogens with zero attached hydrogens (tertiary/aromatic N) is 2. The van der Waals surface area contributed by atoms with Gasteiger partial charge in [0.2, 0.25) is 0 Å². The van der Waals surface area contributed by atoms with E-state index in [1.54, 1.807) is 0 Å². The highest BCUT2D eigenvalue weighted by molar-refractivity contribution is 5.74. The second kappa shape index (κ2) is 9.74. The van der Waals surface area contributed by atoms with E-state index in [0.29, 0.717) is 6.54 Å². The summed E-state index contributed by atoms with van der Waals surface area (Å²) in [4.78, 5) is 12.5. The molecule has 0 saturated carbocycles. The molecule has 1 aromatic heterocycles. The number of hydrogen-bond donors (Lipinski definition) is 2. The molecule has 0 fully saturated rings. The fourth-order valence-corrected chi connectivity index (χ4v) is 3.33. The van der Waals surface area contributed by atoms with E-state index < -0.39 is 0 Å². The maximum absolute atomic E-state index is 12.5. The van der Waals surface area contributed by atoms with Crippen LogP contribution < -0.4 is 10.6 Å². The van der Waals surface area contributed by atoms with Crippen molar-refractivity contribution in [2.24, 2.45) is 0 Å². The standard InChI is InChI=1S/C23H28N4O/c1-18-16-19(2)27(26-18)15-9-14-24-23(28)25-22(21-12-7-4-8-13-21)17-20-10-5-3-6-11-20/h3-8,10-13,16,22H,9,14-15,17H2,1-2H3,(H2,24,25,28). The predicted octanol–water partition coefficient (Wildman–Crippen LogP) is 4.17. The van der Waals surface area contributed by atoms with E-state index in [1.807, 2.05) is 54.9 Å². The lowest BCUT2D eigenvalue weighted by atomic mass is 9.99. The lowest BCUT2D eigenvalue weighted by Crippen LogP contribution is -2.39. The van der Waals surface area contributed by atoms with Crippen LogP contribution in [0.3, 0.4) is 0 Å². The third kappa shape index (κ3) is 5.71. The van der Waals surface area contributed by atoms with Gasteiger partial charge in [-0.15, -0.1) is 0 Å². The molecule has 5 nitrogen and oxygen atoms in total. The second-order valence-corrected chi connectivity index (χ2v) is 7.06. The highest BCUT2D eigenvalue weighted by atomic mass is 16.2. The van der Waals surface area contributed by atoms with Crippen LogP contribution >= 0.6 is 0 Å². The molecular formula is C23H28N4O. The van der Waals surface area contributed by atoms with Crippen molar-refractivity contribution in [3.8, 4) is 0 Å². The second-order valence-electron chi connectivity index (χ2n) is 7.06. The van der Waals surface area contributed by atoms with Crippen LogP contribution in [0.2, 0.25) is 0 Å². The van der Waals surface area contributed by atoms with Crippen LogP contribution in [0, 0.1) is 13.8 Å². The number of benzene rings is 2. The normalized spacial score (nSPS) is 11.8. The van der Waals surface area contributed by atoms with E-state index >= 15 is 0 Å². The molecule has 0 aliphatic heterocycles. The molecule has 2 amide bonds. The van der Waals surface area contributed by atoms with Crippen LogP contribution in [0.15, 0.2) is 66.7 Å². The van der Waals surface area contributed by atoms with E-state index in [1.165, 1.54) is 5.56 Å². The Morgan fingerprint density at radius 2 is 1.71 bits per heavy atom. The molecule has 0 aliphatic carbocycles. The van der Waals surface area contributed by atoms with Crippen molar-refractivity contribution in [3.63, 3.8) is 0 Å². The number of nitrogens with one attached hydrogen (secondary N) is 2. The highest BCUT2D eigenvalue weighted by Crippen LogP contribution is 2.18. The van der Waals surface area contributed by atoms with E-state index in [0.717, 1.165) is 36.3 Å². The van der Waals surface area contributed by atoms with Crippen LogP contribution in [-0.4, -0.2) is 22.4 Å². The van der Waals surface area contributed by atoms with Gasteiger partial charge in [-0.1, -0.05) is 60.7 Å². The summed E-state index contributed by atoms with van der Waals surface area (Å²) >= 11 is 0. The largest absolute Gasteiger partial charge is 0.338 e. The third-order valence-corrected chi connectivity index (χ3v) is 4.73. The van der Waals surface area contributed by atoms with Crippen molar-refractivity contribution in [1.29, 1.82) is 0 Å². The van der Waals surface area contributed by atoms with E-state index in [4.69, 9.17) is 0 Å². The molecule has 0 saturated heterocycles. The Balaban J connectivity index is 1.53. The lowest BCUT2D eigenvalue weighted by Gasteiger charge is -2.20. The summed E-state index contributed by atoms with van der Waals surface area (Å²) in [6.07, 6.45) is 1.59. The Labute approximate surface area is 166 Å². The van der Waals surface area contributed by atoms with Crippen LogP contribution in [0.5, 0.6) is 0 Å². The summed E-state index contributed by atoms with van der Waals surface area (Å²) in [7, 11) is 0. The molecular weight excluding hydrogens is 348 g/mol. The number of amides is 2. The van der Waals surface area contributed by atoms with Crippen molar-refractivity contribution in [2.45, 2.75) is 39.3 Å². The summed E-state index contributed by atoms with van der Waals surface area (Å²) in [6, 6.07) is 22.2. The number of carbonyl (C=O) groups excluding carboxylic acids is 1. The molecule has 3 rings (SSSR count). The van der Waals surface area contributed by atoms with Crippen LogP contribution in [0.4, 0.5) is 4.79 Å². The smallest absolute Gasteiger partial charge is 0.315 e. The van der Waals surface area contributed by atoms with Crippen molar-refractivity contribution in [2.75, 3.05) is 6.54 Å². The molecule has 1 atom stereocenters. The molecule has 3 aromatic rings. The number of urea groups is 1. The van der Waals surface area contributed by atoms with Gasteiger partial charge in [0.1, 0.15) is 0 Å². The molecule has 2 aromatic carbocycles. The van der Waals surface area contributed by atoms with Gasteiger partial charge < -0.3 is 10.6 Å². The van der Waals surface area contributed by atoms with Crippen LogP contribution in [-0.2, 0) is 13.0 Å². The zero-order valence-corrected chi connectivity index (χ0v) is 16.6. The van der Waals surface area contributed by atoms with Gasteiger partial charge >= 0.3 is 6.03 Å². The molecule has 0 spiro atoms. The summed E-state index contributed by atoms with van der Waals surface area (Å²) < 4.78 is 1.98.